The van der Waals surface area contributed by atoms with E-state index in [1.54, 1.807) is 0 Å². The normalized spacial score (nSPS) is 14.8. The van der Waals surface area contributed by atoms with Crippen LogP contribution in [0.15, 0.2) is 30.3 Å². The SMILES string of the molecule is CCO[Si](C)(CC)Oc1ccccc1. The Morgan fingerprint density at radius 3 is 2.29 bits per heavy atom. The maximum Gasteiger partial charge on any atom is 0.395 e. The summed E-state index contributed by atoms with van der Waals surface area (Å²) in [6.07, 6.45) is 0. The Hall–Kier alpha value is -0.803. The summed E-state index contributed by atoms with van der Waals surface area (Å²) in [5.41, 5.74) is 0. The Labute approximate surface area is 87.1 Å². The minimum atomic E-state index is -1.96. The third-order valence-electron chi connectivity index (χ3n) is 2.17. The molecule has 1 rings (SSSR count). The molecule has 0 saturated heterocycles. The average Bonchev–Trinajstić information content (AvgIpc) is 2.20. The van der Waals surface area contributed by atoms with Gasteiger partial charge >= 0.3 is 8.56 Å². The van der Waals surface area contributed by atoms with Gasteiger partial charge in [0.15, 0.2) is 0 Å². The van der Waals surface area contributed by atoms with E-state index >= 15 is 0 Å². The van der Waals surface area contributed by atoms with Gasteiger partial charge in [-0.05, 0) is 31.6 Å². The minimum absolute atomic E-state index is 0.726. The third kappa shape index (κ3) is 3.16. The van der Waals surface area contributed by atoms with E-state index in [0.717, 1.165) is 18.4 Å². The van der Waals surface area contributed by atoms with Gasteiger partial charge in [0, 0.05) is 6.61 Å². The molecular formula is C11H18O2Si. The first-order valence-electron chi connectivity index (χ1n) is 5.08. The standard InChI is InChI=1S/C11H18O2Si/c1-4-12-14(3,5-2)13-11-9-7-6-8-10-11/h6-10H,4-5H2,1-3H3. The molecule has 0 spiro atoms. The maximum atomic E-state index is 5.91. The van der Waals surface area contributed by atoms with Crippen LogP contribution in [0.3, 0.4) is 0 Å². The predicted molar refractivity (Wildman–Crippen MR) is 60.8 cm³/mol. The summed E-state index contributed by atoms with van der Waals surface area (Å²) in [5, 5.41) is 0. The van der Waals surface area contributed by atoms with Crippen molar-refractivity contribution in [3.63, 3.8) is 0 Å². The zero-order valence-corrected chi connectivity index (χ0v) is 10.1. The van der Waals surface area contributed by atoms with Crippen LogP contribution >= 0.6 is 0 Å². The van der Waals surface area contributed by atoms with Crippen molar-refractivity contribution in [2.24, 2.45) is 0 Å². The van der Waals surface area contributed by atoms with E-state index in [0.29, 0.717) is 0 Å². The minimum Gasteiger partial charge on any atom is -0.520 e. The van der Waals surface area contributed by atoms with Crippen molar-refractivity contribution in [3.05, 3.63) is 30.3 Å². The fourth-order valence-electron chi connectivity index (χ4n) is 1.25. The molecule has 0 aliphatic heterocycles. The van der Waals surface area contributed by atoms with Gasteiger partial charge in [-0.3, -0.25) is 0 Å². The van der Waals surface area contributed by atoms with E-state index in [-0.39, 0.29) is 0 Å². The molecule has 1 aromatic carbocycles. The second-order valence-electron chi connectivity index (χ2n) is 3.34. The summed E-state index contributed by atoms with van der Waals surface area (Å²) in [6, 6.07) is 10.9. The first kappa shape index (κ1) is 11.3. The van der Waals surface area contributed by atoms with Crippen molar-refractivity contribution in [1.82, 2.24) is 0 Å². The number of para-hydroxylation sites is 1. The monoisotopic (exact) mass is 210 g/mol. The van der Waals surface area contributed by atoms with Crippen molar-refractivity contribution in [2.75, 3.05) is 6.61 Å². The highest BCUT2D eigenvalue weighted by molar-refractivity contribution is 6.66. The molecule has 0 radical (unpaired) electrons. The molecule has 0 saturated carbocycles. The van der Waals surface area contributed by atoms with Gasteiger partial charge in [-0.15, -0.1) is 0 Å². The molecule has 0 aliphatic carbocycles. The molecule has 1 atom stereocenters. The van der Waals surface area contributed by atoms with Crippen LogP contribution in [0, 0.1) is 0 Å². The Morgan fingerprint density at radius 2 is 1.79 bits per heavy atom. The van der Waals surface area contributed by atoms with Gasteiger partial charge in [0.1, 0.15) is 5.75 Å². The molecular weight excluding hydrogens is 192 g/mol. The van der Waals surface area contributed by atoms with Gasteiger partial charge in [-0.1, -0.05) is 25.1 Å². The molecule has 0 bridgehead atoms. The van der Waals surface area contributed by atoms with E-state index in [1.165, 1.54) is 0 Å². The van der Waals surface area contributed by atoms with Crippen molar-refractivity contribution >= 4 is 8.56 Å². The first-order valence-corrected chi connectivity index (χ1v) is 7.60. The fourth-order valence-corrected chi connectivity index (χ4v) is 2.90. The van der Waals surface area contributed by atoms with Crippen LogP contribution < -0.4 is 4.43 Å². The lowest BCUT2D eigenvalue weighted by molar-refractivity contribution is 0.258. The van der Waals surface area contributed by atoms with Gasteiger partial charge in [-0.25, -0.2) is 0 Å². The molecule has 0 heterocycles. The van der Waals surface area contributed by atoms with E-state index in [4.69, 9.17) is 8.85 Å². The van der Waals surface area contributed by atoms with Crippen LogP contribution in [0.25, 0.3) is 0 Å². The Bertz CT molecular complexity index is 263. The lowest BCUT2D eigenvalue weighted by Crippen LogP contribution is -2.41. The van der Waals surface area contributed by atoms with Gasteiger partial charge in [-0.2, -0.15) is 0 Å². The zero-order chi connectivity index (χ0) is 10.4. The summed E-state index contributed by atoms with van der Waals surface area (Å²) in [6.45, 7) is 6.95. The number of benzene rings is 1. The highest BCUT2D eigenvalue weighted by atomic mass is 28.4. The topological polar surface area (TPSA) is 18.5 Å². The molecule has 14 heavy (non-hydrogen) atoms. The van der Waals surface area contributed by atoms with Crippen molar-refractivity contribution in [1.29, 1.82) is 0 Å². The van der Waals surface area contributed by atoms with Crippen LogP contribution in [-0.2, 0) is 4.43 Å². The van der Waals surface area contributed by atoms with Crippen molar-refractivity contribution in [2.45, 2.75) is 26.4 Å². The number of hydrogen-bond acceptors (Lipinski definition) is 2. The number of hydrogen-bond donors (Lipinski definition) is 0. The van der Waals surface area contributed by atoms with Gasteiger partial charge < -0.3 is 8.85 Å². The third-order valence-corrected chi connectivity index (χ3v) is 5.02. The van der Waals surface area contributed by atoms with E-state index in [1.807, 2.05) is 37.3 Å². The molecule has 0 N–H and O–H groups in total. The fraction of sp³-hybridized carbons (Fsp3) is 0.455. The summed E-state index contributed by atoms with van der Waals surface area (Å²) < 4.78 is 11.6. The predicted octanol–water partition coefficient (Wildman–Crippen LogP) is 3.19. The molecule has 0 fully saturated rings. The van der Waals surface area contributed by atoms with Crippen LogP contribution in [-0.4, -0.2) is 15.2 Å². The second kappa shape index (κ2) is 5.17. The van der Waals surface area contributed by atoms with E-state index < -0.39 is 8.56 Å². The quantitative estimate of drug-likeness (QED) is 0.695. The van der Waals surface area contributed by atoms with Crippen LogP contribution in [0.1, 0.15) is 13.8 Å². The molecule has 2 nitrogen and oxygen atoms in total. The zero-order valence-electron chi connectivity index (χ0n) is 9.12. The van der Waals surface area contributed by atoms with Gasteiger partial charge in [0.25, 0.3) is 0 Å². The Morgan fingerprint density at radius 1 is 1.14 bits per heavy atom. The highest BCUT2D eigenvalue weighted by Crippen LogP contribution is 2.18. The summed E-state index contributed by atoms with van der Waals surface area (Å²) in [7, 11) is -1.96. The van der Waals surface area contributed by atoms with Crippen molar-refractivity contribution in [3.8, 4) is 5.75 Å². The largest absolute Gasteiger partial charge is 0.520 e. The van der Waals surface area contributed by atoms with E-state index in [9.17, 15) is 0 Å². The molecule has 3 heteroatoms. The first-order chi connectivity index (χ1) is 6.70. The van der Waals surface area contributed by atoms with Crippen LogP contribution in [0.2, 0.25) is 12.6 Å². The molecule has 78 valence electrons. The summed E-state index contributed by atoms with van der Waals surface area (Å²) in [5.74, 6) is 0.914. The second-order valence-corrected chi connectivity index (χ2v) is 6.80. The molecule has 0 aliphatic rings. The Kier molecular flexibility index (Phi) is 4.16. The average molecular weight is 210 g/mol. The van der Waals surface area contributed by atoms with Crippen LogP contribution in [0.4, 0.5) is 0 Å². The van der Waals surface area contributed by atoms with Gasteiger partial charge in [0.05, 0.1) is 0 Å². The van der Waals surface area contributed by atoms with Crippen molar-refractivity contribution < 1.29 is 8.85 Å². The summed E-state index contributed by atoms with van der Waals surface area (Å²) in [4.78, 5) is 0. The molecule has 1 unspecified atom stereocenters. The molecule has 1 aromatic rings. The molecule has 0 amide bonds. The van der Waals surface area contributed by atoms with Gasteiger partial charge in [0.2, 0.25) is 0 Å². The smallest absolute Gasteiger partial charge is 0.395 e. The maximum absolute atomic E-state index is 5.91. The molecule has 0 aromatic heterocycles. The number of rotatable bonds is 5. The Balaban J connectivity index is 2.65. The van der Waals surface area contributed by atoms with Crippen LogP contribution in [0.5, 0.6) is 5.75 Å². The van der Waals surface area contributed by atoms with E-state index in [2.05, 4.69) is 13.5 Å². The lowest BCUT2D eigenvalue weighted by Gasteiger charge is -2.25. The lowest BCUT2D eigenvalue weighted by atomic mass is 10.3. The highest BCUT2D eigenvalue weighted by Gasteiger charge is 2.30. The summed E-state index contributed by atoms with van der Waals surface area (Å²) >= 11 is 0.